The van der Waals surface area contributed by atoms with Gasteiger partial charge in [-0.1, -0.05) is 12.8 Å². The van der Waals surface area contributed by atoms with Crippen LogP contribution < -0.4 is 10.6 Å². The molecule has 2 fully saturated rings. The van der Waals surface area contributed by atoms with Gasteiger partial charge >= 0.3 is 0 Å². The topological polar surface area (TPSA) is 58.0 Å². The molecule has 1 aromatic rings. The lowest BCUT2D eigenvalue weighted by Crippen LogP contribution is -2.32. The van der Waals surface area contributed by atoms with E-state index in [9.17, 15) is 5.26 Å². The summed E-state index contributed by atoms with van der Waals surface area (Å²) in [6, 6.07) is 4.67. The molecule has 0 unspecified atom stereocenters. The average Bonchev–Trinajstić information content (AvgIpc) is 3.06. The van der Waals surface area contributed by atoms with Crippen LogP contribution in [0.5, 0.6) is 0 Å². The van der Waals surface area contributed by atoms with E-state index < -0.39 is 0 Å². The first kappa shape index (κ1) is 12.4. The van der Waals surface area contributed by atoms with E-state index >= 15 is 0 Å². The van der Waals surface area contributed by atoms with Crippen LogP contribution in [-0.2, 0) is 0 Å². The number of hydrogen-bond acceptors (Lipinski definition) is 3. The van der Waals surface area contributed by atoms with E-state index in [4.69, 9.17) is 5.73 Å². The third-order valence-electron chi connectivity index (χ3n) is 4.50. The standard InChI is InChI=1S/C15H22N4/c16-11-13-10-14(17)15(18-8-4-1-5-9-18)19(13)12-6-2-3-7-12/h10,12H,1-9,17H2. The Labute approximate surface area is 114 Å². The highest BCUT2D eigenvalue weighted by Gasteiger charge is 2.27. The molecule has 4 heteroatoms. The number of nitrogens with zero attached hydrogens (tertiary/aromatic N) is 3. The average molecular weight is 258 g/mol. The van der Waals surface area contributed by atoms with Gasteiger partial charge in [0.2, 0.25) is 0 Å². The molecule has 1 aliphatic heterocycles. The van der Waals surface area contributed by atoms with Crippen molar-refractivity contribution in [3.8, 4) is 6.07 Å². The van der Waals surface area contributed by atoms with Gasteiger partial charge in [-0.2, -0.15) is 5.26 Å². The van der Waals surface area contributed by atoms with E-state index in [2.05, 4.69) is 15.5 Å². The van der Waals surface area contributed by atoms with Crippen molar-refractivity contribution in [1.82, 2.24) is 4.57 Å². The van der Waals surface area contributed by atoms with Crippen molar-refractivity contribution in [2.75, 3.05) is 23.7 Å². The van der Waals surface area contributed by atoms with E-state index in [-0.39, 0.29) is 0 Å². The largest absolute Gasteiger partial charge is 0.396 e. The van der Waals surface area contributed by atoms with Gasteiger partial charge in [-0.3, -0.25) is 0 Å². The van der Waals surface area contributed by atoms with Crippen LogP contribution in [0.2, 0.25) is 0 Å². The van der Waals surface area contributed by atoms with Crippen molar-refractivity contribution in [2.45, 2.75) is 51.0 Å². The number of piperidine rings is 1. The maximum Gasteiger partial charge on any atom is 0.133 e. The Bertz CT molecular complexity index is 485. The second-order valence-electron chi connectivity index (χ2n) is 5.78. The lowest BCUT2D eigenvalue weighted by molar-refractivity contribution is 0.496. The van der Waals surface area contributed by atoms with Gasteiger partial charge in [0.05, 0.1) is 5.69 Å². The van der Waals surface area contributed by atoms with E-state index in [1.807, 2.05) is 6.07 Å². The summed E-state index contributed by atoms with van der Waals surface area (Å²) in [5.41, 5.74) is 7.73. The van der Waals surface area contributed by atoms with Gasteiger partial charge in [-0.05, 0) is 38.2 Å². The molecule has 2 heterocycles. The molecule has 0 bridgehead atoms. The molecule has 2 N–H and O–H groups in total. The fourth-order valence-electron chi connectivity index (χ4n) is 3.59. The number of hydrogen-bond donors (Lipinski definition) is 1. The quantitative estimate of drug-likeness (QED) is 0.887. The number of nitrogen functional groups attached to an aromatic ring is 1. The lowest BCUT2D eigenvalue weighted by atomic mass is 10.1. The molecule has 4 nitrogen and oxygen atoms in total. The molecule has 1 aliphatic carbocycles. The van der Waals surface area contributed by atoms with Crippen LogP contribution in [0.4, 0.5) is 11.5 Å². The van der Waals surface area contributed by atoms with Crippen LogP contribution in [-0.4, -0.2) is 17.7 Å². The second-order valence-corrected chi connectivity index (χ2v) is 5.78. The highest BCUT2D eigenvalue weighted by molar-refractivity contribution is 5.68. The van der Waals surface area contributed by atoms with E-state index in [1.165, 1.54) is 44.9 Å². The van der Waals surface area contributed by atoms with Crippen LogP contribution in [0, 0.1) is 11.3 Å². The second kappa shape index (κ2) is 5.16. The summed E-state index contributed by atoms with van der Waals surface area (Å²) >= 11 is 0. The van der Waals surface area contributed by atoms with Gasteiger partial charge in [-0.15, -0.1) is 0 Å². The predicted molar refractivity (Wildman–Crippen MR) is 77.1 cm³/mol. The summed E-state index contributed by atoms with van der Waals surface area (Å²) < 4.78 is 2.23. The SMILES string of the molecule is N#Cc1cc(N)c(N2CCCCC2)n1C1CCCC1. The third kappa shape index (κ3) is 2.18. The molecule has 1 saturated heterocycles. The van der Waals surface area contributed by atoms with Crippen molar-refractivity contribution < 1.29 is 0 Å². The molecule has 1 aromatic heterocycles. The van der Waals surface area contributed by atoms with E-state index in [0.717, 1.165) is 30.3 Å². The molecule has 0 amide bonds. The zero-order valence-corrected chi connectivity index (χ0v) is 11.4. The summed E-state index contributed by atoms with van der Waals surface area (Å²) in [4.78, 5) is 2.39. The van der Waals surface area contributed by atoms with Crippen molar-refractivity contribution in [3.05, 3.63) is 11.8 Å². The van der Waals surface area contributed by atoms with Crippen molar-refractivity contribution in [2.24, 2.45) is 0 Å². The van der Waals surface area contributed by atoms with Crippen molar-refractivity contribution in [1.29, 1.82) is 5.26 Å². The van der Waals surface area contributed by atoms with Gasteiger partial charge in [0.15, 0.2) is 0 Å². The van der Waals surface area contributed by atoms with Crippen molar-refractivity contribution in [3.63, 3.8) is 0 Å². The monoisotopic (exact) mass is 258 g/mol. The molecular formula is C15H22N4. The van der Waals surface area contributed by atoms with Crippen molar-refractivity contribution >= 4 is 11.5 Å². The highest BCUT2D eigenvalue weighted by atomic mass is 15.3. The summed E-state index contributed by atoms with van der Waals surface area (Å²) in [5.74, 6) is 1.11. The molecule has 19 heavy (non-hydrogen) atoms. The van der Waals surface area contributed by atoms with Crippen LogP contribution in [0.25, 0.3) is 0 Å². The summed E-state index contributed by atoms with van der Waals surface area (Å²) in [6.45, 7) is 2.15. The fraction of sp³-hybridized carbons (Fsp3) is 0.667. The Kier molecular flexibility index (Phi) is 3.37. The fourth-order valence-corrected chi connectivity index (χ4v) is 3.59. The molecular weight excluding hydrogens is 236 g/mol. The normalized spacial score (nSPS) is 20.7. The Morgan fingerprint density at radius 2 is 1.79 bits per heavy atom. The molecule has 0 aromatic carbocycles. The minimum absolute atomic E-state index is 0.476. The van der Waals surface area contributed by atoms with Gasteiger partial charge in [0.1, 0.15) is 17.6 Å². The van der Waals surface area contributed by atoms with Gasteiger partial charge < -0.3 is 15.2 Å². The molecule has 0 radical (unpaired) electrons. The Hall–Kier alpha value is -1.63. The first-order chi connectivity index (χ1) is 9.31. The first-order valence-corrected chi connectivity index (χ1v) is 7.47. The molecule has 0 spiro atoms. The number of rotatable bonds is 2. The smallest absolute Gasteiger partial charge is 0.133 e. The van der Waals surface area contributed by atoms with Crippen LogP contribution >= 0.6 is 0 Å². The van der Waals surface area contributed by atoms with Crippen LogP contribution in [0.1, 0.15) is 56.7 Å². The van der Waals surface area contributed by atoms with Crippen LogP contribution in [0.15, 0.2) is 6.07 Å². The maximum atomic E-state index is 9.37. The van der Waals surface area contributed by atoms with Gasteiger partial charge in [0.25, 0.3) is 0 Å². The van der Waals surface area contributed by atoms with Gasteiger partial charge in [0, 0.05) is 19.1 Å². The number of anilines is 2. The molecule has 1 saturated carbocycles. The highest BCUT2D eigenvalue weighted by Crippen LogP contribution is 2.39. The predicted octanol–water partition coefficient (Wildman–Crippen LogP) is 3.05. The zero-order valence-electron chi connectivity index (χ0n) is 11.4. The van der Waals surface area contributed by atoms with E-state index in [1.54, 1.807) is 0 Å². The molecule has 3 rings (SSSR count). The number of aromatic nitrogens is 1. The number of nitriles is 1. The van der Waals surface area contributed by atoms with Crippen LogP contribution in [0.3, 0.4) is 0 Å². The first-order valence-electron chi connectivity index (χ1n) is 7.47. The third-order valence-corrected chi connectivity index (χ3v) is 4.50. The zero-order chi connectivity index (χ0) is 13.2. The minimum atomic E-state index is 0.476. The molecule has 0 atom stereocenters. The summed E-state index contributed by atoms with van der Waals surface area (Å²) in [6.07, 6.45) is 8.69. The molecule has 2 aliphatic rings. The minimum Gasteiger partial charge on any atom is -0.396 e. The Morgan fingerprint density at radius 1 is 1.11 bits per heavy atom. The summed E-state index contributed by atoms with van der Waals surface area (Å²) in [5, 5.41) is 9.37. The Balaban J connectivity index is 2.01. The van der Waals surface area contributed by atoms with E-state index in [0.29, 0.717) is 6.04 Å². The lowest BCUT2D eigenvalue weighted by Gasteiger charge is -2.32. The molecule has 102 valence electrons. The van der Waals surface area contributed by atoms with Gasteiger partial charge in [-0.25, -0.2) is 0 Å². The maximum absolute atomic E-state index is 9.37. The summed E-state index contributed by atoms with van der Waals surface area (Å²) in [7, 11) is 0. The Morgan fingerprint density at radius 3 is 2.42 bits per heavy atom. The number of nitrogens with two attached hydrogens (primary N) is 1.